The van der Waals surface area contributed by atoms with Gasteiger partial charge in [-0.25, -0.2) is 4.85 Å². The molecule has 246 valence electrons. The molecule has 0 unspecified atom stereocenters. The van der Waals surface area contributed by atoms with E-state index >= 15 is 0 Å². The molecule has 0 aliphatic rings. The predicted octanol–water partition coefficient (Wildman–Crippen LogP) is 13.2. The van der Waals surface area contributed by atoms with Crippen LogP contribution in [0.1, 0.15) is 0 Å². The molecule has 0 bridgehead atoms. The minimum Gasteiger partial charge on any atom is -0.319 e. The minimum atomic E-state index is 0.622. The fraction of sp³-hybridized carbons (Fsp3) is 0. The van der Waals surface area contributed by atoms with E-state index in [0.717, 1.165) is 39.2 Å². The normalized spacial score (nSPS) is 11.8. The molecule has 3 aromatic heterocycles. The molecule has 0 saturated carbocycles. The highest BCUT2D eigenvalue weighted by atomic mass is 15.0. The van der Waals surface area contributed by atoms with Crippen molar-refractivity contribution in [2.24, 2.45) is 0 Å². The van der Waals surface area contributed by atoms with Crippen molar-refractivity contribution >= 4 is 71.1 Å². The second-order valence-corrected chi connectivity index (χ2v) is 13.6. The summed E-state index contributed by atoms with van der Waals surface area (Å²) in [7, 11) is 0. The van der Waals surface area contributed by atoms with E-state index < -0.39 is 0 Å². The average Bonchev–Trinajstić information content (AvgIpc) is 3.87. The Balaban J connectivity index is 1.10. The lowest BCUT2D eigenvalue weighted by molar-refractivity contribution is 1.15. The van der Waals surface area contributed by atoms with Crippen molar-refractivity contribution < 1.29 is 0 Å². The van der Waals surface area contributed by atoms with Crippen LogP contribution in [0.5, 0.6) is 0 Å². The van der Waals surface area contributed by atoms with Crippen molar-refractivity contribution in [1.29, 1.82) is 0 Å². The standard InChI is InChI=1S/C49H30N4/c1-50-42-31-33(25-30-47(42)53-45-21-11-5-15-36(45)37-16-6-12-22-46(37)53)32-23-26-35(27-24-32)52-44-20-10-8-18-39(44)41-29-28-40-38-17-7-9-19-43(38)51(48(40)49(41)52)34-13-3-2-4-14-34/h2-31H. The summed E-state index contributed by atoms with van der Waals surface area (Å²) in [6.45, 7) is 8.24. The highest BCUT2D eigenvalue weighted by Crippen LogP contribution is 2.42. The van der Waals surface area contributed by atoms with Crippen LogP contribution >= 0.6 is 0 Å². The topological polar surface area (TPSA) is 19.1 Å². The van der Waals surface area contributed by atoms with Crippen LogP contribution in [0, 0.1) is 6.57 Å². The first-order valence-electron chi connectivity index (χ1n) is 17.9. The number of nitrogens with zero attached hydrogens (tertiary/aromatic N) is 4. The number of fused-ring (bicyclic) bond motifs is 10. The number of aromatic nitrogens is 3. The van der Waals surface area contributed by atoms with Crippen molar-refractivity contribution in [2.75, 3.05) is 0 Å². The zero-order valence-electron chi connectivity index (χ0n) is 28.6. The molecule has 11 aromatic rings. The monoisotopic (exact) mass is 674 g/mol. The molecule has 4 nitrogen and oxygen atoms in total. The second kappa shape index (κ2) is 11.3. The van der Waals surface area contributed by atoms with Gasteiger partial charge in [0, 0.05) is 43.7 Å². The Bertz CT molecular complexity index is 3220. The van der Waals surface area contributed by atoms with Crippen LogP contribution in [0.4, 0.5) is 5.69 Å². The van der Waals surface area contributed by atoms with Crippen LogP contribution in [0.25, 0.3) is 98.5 Å². The summed E-state index contributed by atoms with van der Waals surface area (Å²) >= 11 is 0. The third-order valence-electron chi connectivity index (χ3n) is 10.9. The van der Waals surface area contributed by atoms with E-state index in [1.807, 2.05) is 6.07 Å². The van der Waals surface area contributed by atoms with Gasteiger partial charge in [0.15, 0.2) is 0 Å². The Hall–Kier alpha value is -7.35. The fourth-order valence-corrected chi connectivity index (χ4v) is 8.58. The summed E-state index contributed by atoms with van der Waals surface area (Å²) in [5.74, 6) is 0. The fourth-order valence-electron chi connectivity index (χ4n) is 8.58. The van der Waals surface area contributed by atoms with E-state index in [0.29, 0.717) is 5.69 Å². The molecule has 0 radical (unpaired) electrons. The van der Waals surface area contributed by atoms with Crippen LogP contribution in [0.3, 0.4) is 0 Å². The number of rotatable bonds is 4. The molecule has 0 N–H and O–H groups in total. The first kappa shape index (κ1) is 29.4. The zero-order chi connectivity index (χ0) is 35.0. The molecule has 8 aromatic carbocycles. The Kier molecular flexibility index (Phi) is 6.28. The molecule has 0 atom stereocenters. The van der Waals surface area contributed by atoms with Gasteiger partial charge in [-0.15, -0.1) is 0 Å². The zero-order valence-corrected chi connectivity index (χ0v) is 28.6. The van der Waals surface area contributed by atoms with E-state index in [-0.39, 0.29) is 0 Å². The van der Waals surface area contributed by atoms with Gasteiger partial charge in [0.05, 0.1) is 45.4 Å². The van der Waals surface area contributed by atoms with Crippen molar-refractivity contribution in [2.45, 2.75) is 0 Å². The SMILES string of the molecule is [C-]#[N+]c1cc(-c2ccc(-n3c4ccccc4c4ccc5c6ccccc6n(-c6ccccc6)c5c43)cc2)ccc1-n1c2ccccc2c2ccccc21. The van der Waals surface area contributed by atoms with Crippen molar-refractivity contribution in [3.05, 3.63) is 193 Å². The molecule has 3 heterocycles. The van der Waals surface area contributed by atoms with Crippen LogP contribution in [-0.2, 0) is 0 Å². The van der Waals surface area contributed by atoms with Gasteiger partial charge in [-0.2, -0.15) is 0 Å². The van der Waals surface area contributed by atoms with Gasteiger partial charge >= 0.3 is 0 Å². The van der Waals surface area contributed by atoms with Crippen LogP contribution < -0.4 is 0 Å². The summed E-state index contributed by atoms with van der Waals surface area (Å²) in [4.78, 5) is 4.06. The van der Waals surface area contributed by atoms with Gasteiger partial charge in [-0.05, 0) is 71.8 Å². The first-order valence-corrected chi connectivity index (χ1v) is 17.9. The molecule has 0 aliphatic carbocycles. The summed E-state index contributed by atoms with van der Waals surface area (Å²) in [5, 5.41) is 7.28. The molecule has 53 heavy (non-hydrogen) atoms. The molecular weight excluding hydrogens is 645 g/mol. The largest absolute Gasteiger partial charge is 0.319 e. The maximum Gasteiger partial charge on any atom is 0.211 e. The molecule has 4 heteroatoms. The third kappa shape index (κ3) is 4.22. The molecule has 0 aliphatic heterocycles. The lowest BCUT2D eigenvalue weighted by Gasteiger charge is -2.14. The van der Waals surface area contributed by atoms with Gasteiger partial charge in [0.25, 0.3) is 0 Å². The minimum absolute atomic E-state index is 0.622. The highest BCUT2D eigenvalue weighted by Gasteiger charge is 2.21. The predicted molar refractivity (Wildman–Crippen MR) is 221 cm³/mol. The number of hydrogen-bond acceptors (Lipinski definition) is 0. The molecule has 0 saturated heterocycles. The van der Waals surface area contributed by atoms with E-state index in [1.54, 1.807) is 0 Å². The van der Waals surface area contributed by atoms with Crippen molar-refractivity contribution in [3.8, 4) is 28.2 Å². The summed E-state index contributed by atoms with van der Waals surface area (Å²) in [6.07, 6.45) is 0. The molecule has 11 rings (SSSR count). The Morgan fingerprint density at radius 2 is 0.755 bits per heavy atom. The van der Waals surface area contributed by atoms with Crippen LogP contribution in [0.2, 0.25) is 0 Å². The highest BCUT2D eigenvalue weighted by molar-refractivity contribution is 6.23. The summed E-state index contributed by atoms with van der Waals surface area (Å²) < 4.78 is 7.06. The van der Waals surface area contributed by atoms with Gasteiger partial charge < -0.3 is 13.7 Å². The van der Waals surface area contributed by atoms with Crippen LogP contribution in [0.15, 0.2) is 182 Å². The maximum atomic E-state index is 8.24. The smallest absolute Gasteiger partial charge is 0.211 e. The van der Waals surface area contributed by atoms with Crippen LogP contribution in [-0.4, -0.2) is 13.7 Å². The third-order valence-corrected chi connectivity index (χ3v) is 10.9. The first-order chi connectivity index (χ1) is 26.3. The summed E-state index contributed by atoms with van der Waals surface area (Å²) in [6, 6.07) is 64.6. The second-order valence-electron chi connectivity index (χ2n) is 13.6. The molecule has 0 amide bonds. The maximum absolute atomic E-state index is 8.24. The van der Waals surface area contributed by atoms with Crippen molar-refractivity contribution in [3.63, 3.8) is 0 Å². The van der Waals surface area contributed by atoms with E-state index in [2.05, 4.69) is 194 Å². The molecule has 0 spiro atoms. The lowest BCUT2D eigenvalue weighted by atomic mass is 10.0. The van der Waals surface area contributed by atoms with Gasteiger partial charge in [-0.3, -0.25) is 0 Å². The number of benzene rings is 8. The average molecular weight is 675 g/mol. The van der Waals surface area contributed by atoms with Gasteiger partial charge in [0.2, 0.25) is 5.69 Å². The van der Waals surface area contributed by atoms with E-state index in [4.69, 9.17) is 6.57 Å². The number of hydrogen-bond donors (Lipinski definition) is 0. The number of para-hydroxylation sites is 5. The lowest BCUT2D eigenvalue weighted by Crippen LogP contribution is -1.98. The quantitative estimate of drug-likeness (QED) is 0.166. The molecule has 0 fully saturated rings. The Morgan fingerprint density at radius 1 is 0.340 bits per heavy atom. The van der Waals surface area contributed by atoms with E-state index in [9.17, 15) is 0 Å². The van der Waals surface area contributed by atoms with Gasteiger partial charge in [0.1, 0.15) is 0 Å². The van der Waals surface area contributed by atoms with E-state index in [1.165, 1.54) is 54.4 Å². The Labute approximate surface area is 305 Å². The molecular formula is C49H30N4. The Morgan fingerprint density at radius 3 is 1.26 bits per heavy atom. The van der Waals surface area contributed by atoms with Gasteiger partial charge in [-0.1, -0.05) is 121 Å². The summed E-state index contributed by atoms with van der Waals surface area (Å²) in [5.41, 5.74) is 12.7. The van der Waals surface area contributed by atoms with Crippen molar-refractivity contribution in [1.82, 2.24) is 13.7 Å².